The molecule has 13 heavy (non-hydrogen) atoms. The normalized spacial score (nSPS) is 9.00. The van der Waals surface area contributed by atoms with Gasteiger partial charge in [0.2, 0.25) is 0 Å². The monoisotopic (exact) mass is 250 g/mol. The zero-order chi connectivity index (χ0) is 8.81. The molecule has 0 aromatic heterocycles. The summed E-state index contributed by atoms with van der Waals surface area (Å²) in [7, 11) is 0. The fourth-order valence-corrected chi connectivity index (χ4v) is 1.11. The van der Waals surface area contributed by atoms with Crippen LogP contribution in [0.5, 0.6) is 0 Å². The van der Waals surface area contributed by atoms with Crippen molar-refractivity contribution in [3.63, 3.8) is 0 Å². The minimum Gasteiger partial charge on any atom is -0.300 e. The van der Waals surface area contributed by atoms with E-state index in [1.165, 1.54) is 5.56 Å². The Bertz CT molecular complexity index is 244. The van der Waals surface area contributed by atoms with Crippen LogP contribution in [-0.4, -0.2) is 5.78 Å². The Morgan fingerprint density at radius 2 is 2.23 bits per heavy atom. The molecule has 1 aromatic carbocycles. The second kappa shape index (κ2) is 7.40. The number of benzene rings is 1. The molecule has 0 bridgehead atoms. The molecule has 0 saturated heterocycles. The molecule has 0 fully saturated rings. The van der Waals surface area contributed by atoms with E-state index in [0.29, 0.717) is 6.42 Å². The molecule has 0 unspecified atom stereocenters. The van der Waals surface area contributed by atoms with Crippen LogP contribution in [0, 0.1) is 6.07 Å². The maximum Gasteiger partial charge on any atom is 0.129 e. The van der Waals surface area contributed by atoms with Crippen LogP contribution in [0.3, 0.4) is 0 Å². The van der Waals surface area contributed by atoms with Gasteiger partial charge in [-0.1, -0.05) is 6.42 Å². The molecule has 67 valence electrons. The molecule has 1 radical (unpaired) electrons. The number of Topliss-reactive ketones (excluding diaryl/α,β-unsaturated/α-hetero) is 1. The topological polar surface area (TPSA) is 17.1 Å². The van der Waals surface area contributed by atoms with Crippen LogP contribution in [0.4, 0.5) is 0 Å². The van der Waals surface area contributed by atoms with Crippen molar-refractivity contribution in [2.24, 2.45) is 0 Å². The summed E-state index contributed by atoms with van der Waals surface area (Å²) >= 11 is 0. The zero-order valence-corrected chi connectivity index (χ0v) is 10.8. The van der Waals surface area contributed by atoms with Gasteiger partial charge in [-0.15, -0.1) is 0 Å². The first-order valence-electron chi connectivity index (χ1n) is 4.24. The van der Waals surface area contributed by atoms with Crippen LogP contribution in [0.2, 0.25) is 0 Å². The summed E-state index contributed by atoms with van der Waals surface area (Å²) in [6.45, 7) is 1.63. The summed E-state index contributed by atoms with van der Waals surface area (Å²) in [6.07, 6.45) is 2.58. The van der Waals surface area contributed by atoms with Gasteiger partial charge in [0.05, 0.1) is 0 Å². The van der Waals surface area contributed by atoms with Gasteiger partial charge < -0.3 is 4.79 Å². The van der Waals surface area contributed by atoms with Gasteiger partial charge in [0.25, 0.3) is 0 Å². The molecule has 1 nitrogen and oxygen atoms in total. The maximum atomic E-state index is 10.6. The molecule has 0 aliphatic rings. The van der Waals surface area contributed by atoms with E-state index in [1.807, 2.05) is 24.3 Å². The standard InChI is InChI=1S/C11H13O.Y/c1-10(12)6-5-9-11-7-3-2-4-8-11;/h2-4,7H,5-6,9H2,1H3;/q-1;. The third-order valence-corrected chi connectivity index (χ3v) is 1.75. The van der Waals surface area contributed by atoms with E-state index in [-0.39, 0.29) is 38.5 Å². The van der Waals surface area contributed by atoms with E-state index in [9.17, 15) is 4.79 Å². The molecule has 0 atom stereocenters. The maximum absolute atomic E-state index is 10.6. The van der Waals surface area contributed by atoms with Crippen LogP contribution in [0.1, 0.15) is 25.3 Å². The quantitative estimate of drug-likeness (QED) is 0.750. The molecule has 0 saturated carbocycles. The Morgan fingerprint density at radius 3 is 2.77 bits per heavy atom. The third-order valence-electron chi connectivity index (χ3n) is 1.75. The first-order valence-corrected chi connectivity index (χ1v) is 4.24. The molecule has 0 heterocycles. The van der Waals surface area contributed by atoms with Gasteiger partial charge in [-0.3, -0.25) is 0 Å². The number of ketones is 1. The molecule has 2 heteroatoms. The predicted molar refractivity (Wildman–Crippen MR) is 48.9 cm³/mol. The van der Waals surface area contributed by atoms with Gasteiger partial charge in [0, 0.05) is 39.1 Å². The van der Waals surface area contributed by atoms with E-state index in [0.717, 1.165) is 12.8 Å². The Hall–Kier alpha value is -0.00610. The minimum absolute atomic E-state index is 0. The van der Waals surface area contributed by atoms with Gasteiger partial charge >= 0.3 is 0 Å². The van der Waals surface area contributed by atoms with E-state index < -0.39 is 0 Å². The summed E-state index contributed by atoms with van der Waals surface area (Å²) in [5, 5.41) is 0. The first kappa shape index (κ1) is 13.0. The zero-order valence-electron chi connectivity index (χ0n) is 7.92. The Morgan fingerprint density at radius 1 is 1.46 bits per heavy atom. The Kier molecular flexibility index (Phi) is 7.40. The number of carbonyl (C=O) groups is 1. The second-order valence-electron chi connectivity index (χ2n) is 2.94. The summed E-state index contributed by atoms with van der Waals surface area (Å²) in [4.78, 5) is 10.6. The van der Waals surface area contributed by atoms with Crippen molar-refractivity contribution in [3.8, 4) is 0 Å². The Balaban J connectivity index is 0.00000144. The molecule has 0 aliphatic carbocycles. The first-order chi connectivity index (χ1) is 5.79. The van der Waals surface area contributed by atoms with Gasteiger partial charge in [-0.05, 0) is 13.3 Å². The van der Waals surface area contributed by atoms with Gasteiger partial charge in [0.15, 0.2) is 0 Å². The Labute approximate surface area is 105 Å². The van der Waals surface area contributed by atoms with Crippen LogP contribution < -0.4 is 0 Å². The number of aryl methyl sites for hydroxylation is 1. The smallest absolute Gasteiger partial charge is 0.129 e. The molecule has 1 aromatic rings. The molecule has 0 aliphatic heterocycles. The summed E-state index contributed by atoms with van der Waals surface area (Å²) < 4.78 is 0. The minimum atomic E-state index is 0. The fraction of sp³-hybridized carbons (Fsp3) is 0.364. The van der Waals surface area contributed by atoms with Crippen molar-refractivity contribution in [2.45, 2.75) is 26.2 Å². The largest absolute Gasteiger partial charge is 0.300 e. The van der Waals surface area contributed by atoms with Crippen molar-refractivity contribution in [3.05, 3.63) is 35.9 Å². The number of hydrogen-bond acceptors (Lipinski definition) is 1. The van der Waals surface area contributed by atoms with Crippen LogP contribution >= 0.6 is 0 Å². The molecule has 1 rings (SSSR count). The van der Waals surface area contributed by atoms with Crippen molar-refractivity contribution >= 4 is 5.78 Å². The molecular formula is C11H13OY-. The van der Waals surface area contributed by atoms with E-state index >= 15 is 0 Å². The summed E-state index contributed by atoms with van der Waals surface area (Å²) in [5.74, 6) is 0.269. The van der Waals surface area contributed by atoms with E-state index in [4.69, 9.17) is 0 Å². The third kappa shape index (κ3) is 6.12. The fourth-order valence-electron chi connectivity index (χ4n) is 1.11. The van der Waals surface area contributed by atoms with E-state index in [1.54, 1.807) is 6.92 Å². The summed E-state index contributed by atoms with van der Waals surface area (Å²) in [6, 6.07) is 11.0. The van der Waals surface area contributed by atoms with Crippen molar-refractivity contribution < 1.29 is 37.5 Å². The van der Waals surface area contributed by atoms with Gasteiger partial charge in [0.1, 0.15) is 5.78 Å². The van der Waals surface area contributed by atoms with Crippen molar-refractivity contribution in [1.29, 1.82) is 0 Å². The predicted octanol–water partition coefficient (Wildman–Crippen LogP) is 2.40. The molecule has 0 amide bonds. The second-order valence-corrected chi connectivity index (χ2v) is 2.94. The van der Waals surface area contributed by atoms with Gasteiger partial charge in [-0.2, -0.15) is 35.9 Å². The molecular weight excluding hydrogens is 237 g/mol. The average molecular weight is 250 g/mol. The van der Waals surface area contributed by atoms with Gasteiger partial charge in [-0.25, -0.2) is 0 Å². The van der Waals surface area contributed by atoms with Crippen LogP contribution in [0.25, 0.3) is 0 Å². The van der Waals surface area contributed by atoms with Crippen LogP contribution in [-0.2, 0) is 43.9 Å². The molecule has 0 spiro atoms. The van der Waals surface area contributed by atoms with Crippen molar-refractivity contribution in [2.75, 3.05) is 0 Å². The van der Waals surface area contributed by atoms with Crippen molar-refractivity contribution in [1.82, 2.24) is 0 Å². The average Bonchev–Trinajstić information content (AvgIpc) is 2.05. The number of rotatable bonds is 4. The number of hydrogen-bond donors (Lipinski definition) is 0. The summed E-state index contributed by atoms with van der Waals surface area (Å²) in [5.41, 5.74) is 1.19. The van der Waals surface area contributed by atoms with Crippen LogP contribution in [0.15, 0.2) is 24.3 Å². The van der Waals surface area contributed by atoms with E-state index in [2.05, 4.69) is 6.07 Å². The molecule has 0 N–H and O–H groups in total. The SMILES string of the molecule is CC(=O)CCCc1[c-]cccc1.[Y]. The number of carbonyl (C=O) groups excluding carboxylic acids is 1.